The highest BCUT2D eigenvalue weighted by Crippen LogP contribution is 2.52. The van der Waals surface area contributed by atoms with Gasteiger partial charge >= 0.3 is 17.7 Å². The number of urea groups is 1. The van der Waals surface area contributed by atoms with E-state index in [0.717, 1.165) is 9.13 Å². The Hall–Kier alpha value is -4.68. The third-order valence-electron chi connectivity index (χ3n) is 9.27. The van der Waals surface area contributed by atoms with Gasteiger partial charge in [0.15, 0.2) is 20.1 Å². The number of esters is 1. The molecular formula is C34H40N4O11SSi. The molecule has 1 fully saturated rings. The number of amides is 3. The lowest BCUT2D eigenvalue weighted by molar-refractivity contribution is -0.0654. The molecule has 3 aromatic rings. The largest absolute Gasteiger partial charge is 0.459 e. The van der Waals surface area contributed by atoms with Crippen molar-refractivity contribution in [2.24, 2.45) is 7.05 Å². The van der Waals surface area contributed by atoms with Gasteiger partial charge in [0.2, 0.25) is 0 Å². The van der Waals surface area contributed by atoms with Gasteiger partial charge in [-0.15, -0.1) is 0 Å². The monoisotopic (exact) mass is 740 g/mol. The summed E-state index contributed by atoms with van der Waals surface area (Å²) in [6, 6.07) is 14.7. The van der Waals surface area contributed by atoms with Gasteiger partial charge in [0.05, 0.1) is 16.7 Å². The Morgan fingerprint density at radius 3 is 2.16 bits per heavy atom. The number of carbonyl (C=O) groups is 3. The number of nitrogens with one attached hydrogen (secondary N) is 2. The Bertz CT molecular complexity index is 2110. The minimum absolute atomic E-state index is 0.158. The van der Waals surface area contributed by atoms with Gasteiger partial charge in [0.25, 0.3) is 21.6 Å². The smallest absolute Gasteiger partial charge is 0.338 e. The number of nitrogens with zero attached hydrogens (tertiary/aromatic N) is 2. The minimum Gasteiger partial charge on any atom is -0.459 e. The number of benzene rings is 2. The van der Waals surface area contributed by atoms with Crippen LogP contribution < -0.4 is 21.9 Å². The first kappa shape index (κ1) is 37.6. The van der Waals surface area contributed by atoms with Crippen molar-refractivity contribution in [2.75, 3.05) is 6.61 Å². The lowest BCUT2D eigenvalue weighted by atomic mass is 9.89. The van der Waals surface area contributed by atoms with E-state index in [1.807, 2.05) is 33.9 Å². The third kappa shape index (κ3) is 7.38. The lowest BCUT2D eigenvalue weighted by Gasteiger charge is -2.43. The van der Waals surface area contributed by atoms with Crippen molar-refractivity contribution < 1.29 is 40.9 Å². The maximum Gasteiger partial charge on any atom is 0.338 e. The van der Waals surface area contributed by atoms with Crippen molar-refractivity contribution in [3.05, 3.63) is 115 Å². The number of imide groups is 1. The van der Waals surface area contributed by atoms with Crippen LogP contribution in [0.3, 0.4) is 0 Å². The second-order valence-corrected chi connectivity index (χ2v) is 20.0. The number of hydrogen-bond acceptors (Lipinski definition) is 11. The fourth-order valence-electron chi connectivity index (χ4n) is 5.56. The van der Waals surface area contributed by atoms with Gasteiger partial charge < -0.3 is 19.2 Å². The molecule has 272 valence electrons. The number of hydrogen-bond donors (Lipinski definition) is 2. The number of aryl methyl sites for hydroxylation is 1. The molecule has 0 saturated carbocycles. The van der Waals surface area contributed by atoms with E-state index < -0.39 is 89.0 Å². The fraction of sp³-hybridized carbons (Fsp3) is 0.382. The van der Waals surface area contributed by atoms with Gasteiger partial charge in [0, 0.05) is 24.4 Å². The molecular weight excluding hydrogens is 701 g/mol. The Balaban J connectivity index is 1.66. The zero-order chi connectivity index (χ0) is 37.5. The molecule has 2 aliphatic rings. The molecule has 2 aromatic carbocycles. The van der Waals surface area contributed by atoms with Gasteiger partial charge in [-0.05, 0) is 49.3 Å². The van der Waals surface area contributed by atoms with Crippen molar-refractivity contribution in [3.8, 4) is 0 Å². The summed E-state index contributed by atoms with van der Waals surface area (Å²) < 4.78 is 53.6. The van der Waals surface area contributed by atoms with Crippen molar-refractivity contribution in [3.63, 3.8) is 0 Å². The Labute approximate surface area is 295 Å². The molecule has 5 rings (SSSR count). The molecule has 1 spiro atoms. The fourth-order valence-corrected chi connectivity index (χ4v) is 8.09. The number of aromatic nitrogens is 2. The van der Waals surface area contributed by atoms with Crippen LogP contribution in [0.1, 0.15) is 53.3 Å². The van der Waals surface area contributed by atoms with E-state index in [1.54, 1.807) is 36.4 Å². The van der Waals surface area contributed by atoms with Gasteiger partial charge in [-0.3, -0.25) is 24.0 Å². The molecule has 4 atom stereocenters. The molecule has 2 N–H and O–H groups in total. The number of ether oxygens (including phenoxy) is 2. The molecule has 3 heterocycles. The van der Waals surface area contributed by atoms with Crippen LogP contribution in [0.5, 0.6) is 0 Å². The molecule has 0 bridgehead atoms. The molecule has 51 heavy (non-hydrogen) atoms. The van der Waals surface area contributed by atoms with Crippen LogP contribution in [-0.4, -0.2) is 68.2 Å². The zero-order valence-electron chi connectivity index (χ0n) is 29.2. The summed E-state index contributed by atoms with van der Waals surface area (Å²) in [5.74, 6) is -1.56. The summed E-state index contributed by atoms with van der Waals surface area (Å²) in [6.45, 7) is 10.4. The molecule has 1 aromatic heterocycles. The third-order valence-corrected chi connectivity index (χ3v) is 14.8. The predicted octanol–water partition coefficient (Wildman–Crippen LogP) is 3.08. The predicted molar refractivity (Wildman–Crippen MR) is 187 cm³/mol. The maximum atomic E-state index is 13.7. The van der Waals surface area contributed by atoms with Crippen LogP contribution in [0.4, 0.5) is 4.79 Å². The summed E-state index contributed by atoms with van der Waals surface area (Å²) in [7, 11) is -6.30. The average molecular weight is 741 g/mol. The molecule has 3 amide bonds. The molecule has 0 aliphatic carbocycles. The van der Waals surface area contributed by atoms with E-state index in [2.05, 4.69) is 10.6 Å². The first-order valence-corrected chi connectivity index (χ1v) is 20.3. The first-order valence-electron chi connectivity index (χ1n) is 16.0. The summed E-state index contributed by atoms with van der Waals surface area (Å²) in [6.07, 6.45) is -3.27. The highest BCUT2D eigenvalue weighted by molar-refractivity contribution is 7.90. The van der Waals surface area contributed by atoms with Crippen LogP contribution in [0.2, 0.25) is 18.1 Å². The van der Waals surface area contributed by atoms with Crippen LogP contribution in [0.25, 0.3) is 0 Å². The van der Waals surface area contributed by atoms with Crippen molar-refractivity contribution >= 4 is 36.3 Å². The first-order chi connectivity index (χ1) is 23.8. The van der Waals surface area contributed by atoms with Gasteiger partial charge in [-0.25, -0.2) is 18.6 Å². The molecule has 17 heteroatoms. The highest BCUT2D eigenvalue weighted by Gasteiger charge is 2.68. The number of carbonyl (C=O) groups excluding carboxylic acids is 3. The topological polar surface area (TPSA) is 190 Å². The molecule has 0 unspecified atom stereocenters. The summed E-state index contributed by atoms with van der Waals surface area (Å²) in [5.41, 5.74) is -3.57. The second-order valence-electron chi connectivity index (χ2n) is 13.8. The van der Waals surface area contributed by atoms with E-state index in [0.29, 0.717) is 5.41 Å². The Kier molecular flexibility index (Phi) is 10.2. The summed E-state index contributed by atoms with van der Waals surface area (Å²) >= 11 is 0. The van der Waals surface area contributed by atoms with E-state index in [-0.39, 0.29) is 16.7 Å². The molecule has 1 saturated heterocycles. The van der Waals surface area contributed by atoms with Crippen LogP contribution in [-0.2, 0) is 35.2 Å². The molecule has 15 nitrogen and oxygen atoms in total. The zero-order valence-corrected chi connectivity index (χ0v) is 31.0. The number of rotatable bonds is 8. The van der Waals surface area contributed by atoms with E-state index in [1.165, 1.54) is 44.4 Å². The van der Waals surface area contributed by atoms with Crippen LogP contribution >= 0.6 is 0 Å². The standard InChI is InChI=1S/C34H40N4O11SSi/c1-21-18-38(32(43)37(5)28(21)40)29-26(48-51(6,7)33(2,3)4)34(25(47-29)19-46-30(41)23-16-12-9-13-17-23)24(20-50(44,45)49-34)35-31(42)36-27(39)22-14-10-8-11-15-22/h8-18,20,25-26,29H,19H2,1-7H3,(H2,35,36,39,42)/t25-,26+,29-,34-/m1/s1. The Morgan fingerprint density at radius 1 is 0.980 bits per heavy atom. The SMILES string of the molecule is Cc1cn([C@@H]2O[C@H](COC(=O)c3ccccc3)[C@@]3(OS(=O)(=O)C=C3NC(=O)NC(=O)c3ccccc3)[C@H]2O[Si](C)(C)C(C)(C)C)c(=O)n(C)c1=O. The van der Waals surface area contributed by atoms with Gasteiger partial charge in [0.1, 0.15) is 18.8 Å². The van der Waals surface area contributed by atoms with E-state index >= 15 is 0 Å². The second kappa shape index (κ2) is 13.8. The van der Waals surface area contributed by atoms with E-state index in [4.69, 9.17) is 18.1 Å². The maximum absolute atomic E-state index is 13.7. The minimum atomic E-state index is -4.62. The quantitative estimate of drug-likeness (QED) is 0.196. The van der Waals surface area contributed by atoms with Gasteiger partial charge in [-0.1, -0.05) is 57.2 Å². The normalized spacial score (nSPS) is 22.7. The Morgan fingerprint density at radius 2 is 1.57 bits per heavy atom. The molecule has 0 radical (unpaired) electrons. The van der Waals surface area contributed by atoms with Crippen LogP contribution in [0, 0.1) is 6.92 Å². The van der Waals surface area contributed by atoms with E-state index in [9.17, 15) is 32.4 Å². The summed E-state index contributed by atoms with van der Waals surface area (Å²) in [4.78, 5) is 65.8. The highest BCUT2D eigenvalue weighted by atomic mass is 32.2. The van der Waals surface area contributed by atoms with Crippen molar-refractivity contribution in [1.82, 2.24) is 19.8 Å². The average Bonchev–Trinajstić information content (AvgIpc) is 3.51. The van der Waals surface area contributed by atoms with Crippen molar-refractivity contribution in [1.29, 1.82) is 0 Å². The van der Waals surface area contributed by atoms with Crippen LogP contribution in [0.15, 0.2) is 87.6 Å². The summed E-state index contributed by atoms with van der Waals surface area (Å²) in [5, 5.41) is 4.79. The van der Waals surface area contributed by atoms with Crippen molar-refractivity contribution in [2.45, 2.75) is 69.9 Å². The molecule has 2 aliphatic heterocycles. The van der Waals surface area contributed by atoms with Gasteiger partial charge in [-0.2, -0.15) is 8.42 Å². The lowest BCUT2D eigenvalue weighted by Crippen LogP contribution is -2.60.